The Hall–Kier alpha value is -2.57. The van der Waals surface area contributed by atoms with Crippen LogP contribution in [0.4, 0.5) is 5.69 Å². The van der Waals surface area contributed by atoms with E-state index in [4.69, 9.17) is 5.73 Å². The van der Waals surface area contributed by atoms with Crippen LogP contribution in [0.5, 0.6) is 0 Å². The number of nitrogens with two attached hydrogens (primary N) is 1. The zero-order valence-electron chi connectivity index (χ0n) is 13.8. The molecule has 0 unspecified atom stereocenters. The maximum Gasteiger partial charge on any atom is 0.227 e. The first-order valence-corrected chi connectivity index (χ1v) is 8.49. The lowest BCUT2D eigenvalue weighted by molar-refractivity contribution is -0.118. The number of nitrogens with zero attached hydrogens (tertiary/aromatic N) is 1. The van der Waals surface area contributed by atoms with Crippen LogP contribution in [-0.4, -0.2) is 12.5 Å². The summed E-state index contributed by atoms with van der Waals surface area (Å²) in [6, 6.07) is 15.9. The van der Waals surface area contributed by atoms with Gasteiger partial charge in [-0.2, -0.15) is 0 Å². The van der Waals surface area contributed by atoms with Gasteiger partial charge in [-0.15, -0.1) is 0 Å². The summed E-state index contributed by atoms with van der Waals surface area (Å²) in [6.45, 7) is 1.25. The minimum absolute atomic E-state index is 0.151. The molecule has 3 nitrogen and oxygen atoms in total. The normalized spacial score (nSPS) is 12.3. The molecule has 1 amide bonds. The van der Waals surface area contributed by atoms with Crippen molar-refractivity contribution in [2.75, 3.05) is 11.4 Å². The number of carbonyl (C=O) groups excluding carboxylic acids is 1. The van der Waals surface area contributed by atoms with E-state index < -0.39 is 0 Å². The topological polar surface area (TPSA) is 46.3 Å². The van der Waals surface area contributed by atoms with Crippen molar-refractivity contribution in [1.82, 2.24) is 0 Å². The number of anilines is 1. The smallest absolute Gasteiger partial charge is 0.227 e. The van der Waals surface area contributed by atoms with Crippen LogP contribution in [0, 0.1) is 11.8 Å². The number of amides is 1. The lowest BCUT2D eigenvalue weighted by atomic mass is 10.0. The summed E-state index contributed by atoms with van der Waals surface area (Å²) in [5.74, 6) is 6.61. The maximum absolute atomic E-state index is 12.8. The minimum Gasteiger partial charge on any atom is -0.330 e. The Kier molecular flexibility index (Phi) is 5.30. The lowest BCUT2D eigenvalue weighted by Gasteiger charge is -2.26. The molecule has 0 spiro atoms. The third-order valence-electron chi connectivity index (χ3n) is 4.27. The number of rotatable bonds is 5. The summed E-state index contributed by atoms with van der Waals surface area (Å²) in [5, 5.41) is 0. The van der Waals surface area contributed by atoms with Gasteiger partial charge in [0.05, 0.1) is 12.2 Å². The fourth-order valence-electron chi connectivity index (χ4n) is 2.94. The molecule has 0 fully saturated rings. The number of carbonyl (C=O) groups is 1. The Labute approximate surface area is 143 Å². The molecule has 0 saturated carbocycles. The summed E-state index contributed by atoms with van der Waals surface area (Å²) in [4.78, 5) is 14.7. The lowest BCUT2D eigenvalue weighted by Crippen LogP contribution is -2.31. The van der Waals surface area contributed by atoms with E-state index in [1.165, 1.54) is 0 Å². The molecule has 0 bridgehead atoms. The van der Waals surface area contributed by atoms with Gasteiger partial charge in [0.25, 0.3) is 0 Å². The first kappa shape index (κ1) is 16.3. The molecule has 122 valence electrons. The number of benzene rings is 2. The largest absolute Gasteiger partial charge is 0.330 e. The van der Waals surface area contributed by atoms with Crippen molar-refractivity contribution in [3.63, 3.8) is 0 Å². The molecular weight excluding hydrogens is 296 g/mol. The third kappa shape index (κ3) is 3.67. The Balaban J connectivity index is 1.91. The molecule has 0 atom stereocenters. The molecule has 1 heterocycles. The molecule has 1 aliphatic heterocycles. The second-order valence-corrected chi connectivity index (χ2v) is 6.00. The van der Waals surface area contributed by atoms with Gasteiger partial charge in [-0.3, -0.25) is 4.79 Å². The molecule has 0 saturated heterocycles. The minimum atomic E-state index is 0.151. The van der Waals surface area contributed by atoms with Gasteiger partial charge in [-0.25, -0.2) is 0 Å². The molecule has 0 aromatic heterocycles. The zero-order valence-corrected chi connectivity index (χ0v) is 13.8. The van der Waals surface area contributed by atoms with Gasteiger partial charge in [0, 0.05) is 17.5 Å². The summed E-state index contributed by atoms with van der Waals surface area (Å²) in [5.41, 5.74) is 9.43. The summed E-state index contributed by atoms with van der Waals surface area (Å²) in [6.07, 6.45) is 3.39. The number of hydrogen-bond acceptors (Lipinski definition) is 2. The Morgan fingerprint density at radius 2 is 1.67 bits per heavy atom. The van der Waals surface area contributed by atoms with Crippen LogP contribution in [0.25, 0.3) is 0 Å². The Morgan fingerprint density at radius 1 is 0.958 bits per heavy atom. The maximum atomic E-state index is 12.8. The SMILES string of the molecule is NCCCCCC(=O)N1Cc2ccccc2C#Cc2ccccc21. The van der Waals surface area contributed by atoms with E-state index in [-0.39, 0.29) is 5.91 Å². The van der Waals surface area contributed by atoms with Crippen molar-refractivity contribution < 1.29 is 4.79 Å². The highest BCUT2D eigenvalue weighted by molar-refractivity contribution is 5.95. The van der Waals surface area contributed by atoms with Crippen molar-refractivity contribution >= 4 is 11.6 Å². The van der Waals surface area contributed by atoms with Crippen LogP contribution < -0.4 is 10.6 Å². The van der Waals surface area contributed by atoms with E-state index in [0.29, 0.717) is 19.5 Å². The van der Waals surface area contributed by atoms with Crippen LogP contribution in [0.2, 0.25) is 0 Å². The zero-order chi connectivity index (χ0) is 16.8. The third-order valence-corrected chi connectivity index (χ3v) is 4.27. The molecular formula is C21H22N2O. The highest BCUT2D eigenvalue weighted by Gasteiger charge is 2.20. The predicted molar refractivity (Wildman–Crippen MR) is 97.6 cm³/mol. The molecule has 2 N–H and O–H groups in total. The van der Waals surface area contributed by atoms with Gasteiger partial charge >= 0.3 is 0 Å². The second-order valence-electron chi connectivity index (χ2n) is 6.00. The first-order chi connectivity index (χ1) is 11.8. The van der Waals surface area contributed by atoms with E-state index in [1.54, 1.807) is 0 Å². The summed E-state index contributed by atoms with van der Waals surface area (Å²) >= 11 is 0. The van der Waals surface area contributed by atoms with E-state index in [1.807, 2.05) is 53.4 Å². The van der Waals surface area contributed by atoms with Crippen molar-refractivity contribution in [3.05, 3.63) is 65.2 Å². The average molecular weight is 318 g/mol. The molecule has 24 heavy (non-hydrogen) atoms. The van der Waals surface area contributed by atoms with Crippen molar-refractivity contribution in [1.29, 1.82) is 0 Å². The quantitative estimate of drug-likeness (QED) is 0.678. The first-order valence-electron chi connectivity index (χ1n) is 8.49. The Morgan fingerprint density at radius 3 is 2.50 bits per heavy atom. The molecule has 0 aliphatic carbocycles. The highest BCUT2D eigenvalue weighted by atomic mass is 16.2. The predicted octanol–water partition coefficient (Wildman–Crippen LogP) is 3.45. The van der Waals surface area contributed by atoms with Crippen LogP contribution in [0.1, 0.15) is 42.4 Å². The molecule has 3 rings (SSSR count). The van der Waals surface area contributed by atoms with Gasteiger partial charge < -0.3 is 10.6 Å². The van der Waals surface area contributed by atoms with Gasteiger partial charge in [-0.1, -0.05) is 48.6 Å². The molecule has 2 aromatic rings. The highest BCUT2D eigenvalue weighted by Crippen LogP contribution is 2.26. The number of para-hydroxylation sites is 1. The summed E-state index contributed by atoms with van der Waals surface area (Å²) in [7, 11) is 0. The number of fused-ring (bicyclic) bond motifs is 2. The molecule has 2 aromatic carbocycles. The molecule has 0 radical (unpaired) electrons. The van der Waals surface area contributed by atoms with Crippen LogP contribution in [0.15, 0.2) is 48.5 Å². The van der Waals surface area contributed by atoms with Crippen molar-refractivity contribution in [3.8, 4) is 11.8 Å². The fraction of sp³-hybridized carbons (Fsp3) is 0.286. The summed E-state index contributed by atoms with van der Waals surface area (Å²) < 4.78 is 0. The van der Waals surface area contributed by atoms with E-state index in [0.717, 1.165) is 41.6 Å². The molecule has 3 heteroatoms. The monoisotopic (exact) mass is 318 g/mol. The Bertz CT molecular complexity index is 786. The fourth-order valence-corrected chi connectivity index (χ4v) is 2.94. The standard InChI is InChI=1S/C21H22N2O/c22-15-7-1-2-12-21(24)23-16-19-10-4-3-8-17(19)13-14-18-9-5-6-11-20(18)23/h3-6,8-11H,1-2,7,12,15-16,22H2. The van der Waals surface area contributed by atoms with Crippen LogP contribution >= 0.6 is 0 Å². The van der Waals surface area contributed by atoms with Crippen molar-refractivity contribution in [2.24, 2.45) is 5.73 Å². The second kappa shape index (κ2) is 7.81. The number of unbranched alkanes of at least 4 members (excludes halogenated alkanes) is 2. The van der Waals surface area contributed by atoms with Crippen molar-refractivity contribution in [2.45, 2.75) is 32.2 Å². The van der Waals surface area contributed by atoms with E-state index in [2.05, 4.69) is 11.8 Å². The van der Waals surface area contributed by atoms with Crippen LogP contribution in [-0.2, 0) is 11.3 Å². The van der Waals surface area contributed by atoms with Gasteiger partial charge in [0.2, 0.25) is 5.91 Å². The van der Waals surface area contributed by atoms with Gasteiger partial charge in [0.15, 0.2) is 0 Å². The van der Waals surface area contributed by atoms with Gasteiger partial charge in [0.1, 0.15) is 0 Å². The van der Waals surface area contributed by atoms with Crippen LogP contribution in [0.3, 0.4) is 0 Å². The van der Waals surface area contributed by atoms with Gasteiger partial charge in [-0.05, 0) is 43.1 Å². The molecule has 1 aliphatic rings. The van der Waals surface area contributed by atoms with E-state index >= 15 is 0 Å². The van der Waals surface area contributed by atoms with E-state index in [9.17, 15) is 4.79 Å². The average Bonchev–Trinajstić information content (AvgIpc) is 2.60. The number of hydrogen-bond donors (Lipinski definition) is 1.